The van der Waals surface area contributed by atoms with Gasteiger partial charge in [0, 0.05) is 18.8 Å². The van der Waals surface area contributed by atoms with Crippen LogP contribution in [0.1, 0.15) is 52.7 Å². The molecule has 0 radical (unpaired) electrons. The van der Waals surface area contributed by atoms with Crippen molar-refractivity contribution in [2.45, 2.75) is 60.1 Å². The Labute approximate surface area is 140 Å². The molecule has 0 saturated heterocycles. The van der Waals surface area contributed by atoms with Gasteiger partial charge in [0.1, 0.15) is 5.60 Å². The first-order chi connectivity index (χ1) is 10.6. The van der Waals surface area contributed by atoms with Crippen LogP contribution < -0.4 is 5.32 Å². The largest absolute Gasteiger partial charge is 0.444 e. The van der Waals surface area contributed by atoms with Gasteiger partial charge in [-0.25, -0.2) is 4.79 Å². The van der Waals surface area contributed by atoms with E-state index in [2.05, 4.69) is 44.3 Å². The maximum atomic E-state index is 12.3. The molecule has 0 atom stereocenters. The van der Waals surface area contributed by atoms with E-state index in [1.807, 2.05) is 20.8 Å². The molecule has 2 rings (SSSR count). The maximum absolute atomic E-state index is 12.3. The van der Waals surface area contributed by atoms with Crippen LogP contribution in [-0.4, -0.2) is 29.7 Å². The number of hydrogen-bond donors (Lipinski definition) is 1. The lowest BCUT2D eigenvalue weighted by Crippen LogP contribution is -2.40. The fourth-order valence-electron chi connectivity index (χ4n) is 2.59. The molecule has 0 fully saturated rings. The molecule has 4 nitrogen and oxygen atoms in total. The van der Waals surface area contributed by atoms with Gasteiger partial charge in [-0.1, -0.05) is 32.9 Å². The Morgan fingerprint density at radius 1 is 1.22 bits per heavy atom. The van der Waals surface area contributed by atoms with Gasteiger partial charge in [0.2, 0.25) is 0 Å². The number of carbonyl (C=O) groups is 1. The lowest BCUT2D eigenvalue weighted by atomic mass is 9.95. The van der Waals surface area contributed by atoms with Gasteiger partial charge in [-0.15, -0.1) is 0 Å². The molecule has 1 aromatic rings. The van der Waals surface area contributed by atoms with Gasteiger partial charge in [-0.2, -0.15) is 0 Å². The Morgan fingerprint density at radius 2 is 1.91 bits per heavy atom. The van der Waals surface area contributed by atoms with Crippen molar-refractivity contribution in [3.05, 3.63) is 29.3 Å². The van der Waals surface area contributed by atoms with Crippen molar-refractivity contribution in [3.63, 3.8) is 0 Å². The average Bonchev–Trinajstić information content (AvgIpc) is 2.41. The van der Waals surface area contributed by atoms with E-state index in [0.29, 0.717) is 13.1 Å². The van der Waals surface area contributed by atoms with E-state index in [1.54, 1.807) is 4.90 Å². The van der Waals surface area contributed by atoms with Gasteiger partial charge in [0.15, 0.2) is 0 Å². The zero-order chi connectivity index (χ0) is 17.3. The molecule has 4 heteroatoms. The molecule has 0 unspecified atom stereocenters. The summed E-state index contributed by atoms with van der Waals surface area (Å²) in [5.74, 6) is 0. The molecule has 128 valence electrons. The van der Waals surface area contributed by atoms with Gasteiger partial charge in [0.25, 0.3) is 0 Å². The Morgan fingerprint density at radius 3 is 2.52 bits per heavy atom. The SMILES string of the molecule is CC(C)(C)CNc1cccc2c1CN(C(=O)OC(C)(C)C)CC2. The maximum Gasteiger partial charge on any atom is 0.410 e. The number of nitrogens with one attached hydrogen (secondary N) is 1. The second-order valence-corrected chi connectivity index (χ2v) is 8.51. The normalized spacial score (nSPS) is 15.1. The zero-order valence-electron chi connectivity index (χ0n) is 15.3. The Balaban J connectivity index is 2.13. The third kappa shape index (κ3) is 5.15. The zero-order valence-corrected chi connectivity index (χ0v) is 15.3. The summed E-state index contributed by atoms with van der Waals surface area (Å²) >= 11 is 0. The fraction of sp³-hybridized carbons (Fsp3) is 0.632. The van der Waals surface area contributed by atoms with Crippen LogP contribution in [-0.2, 0) is 17.7 Å². The molecule has 1 N–H and O–H groups in total. The molecule has 1 amide bonds. The first kappa shape index (κ1) is 17.6. The van der Waals surface area contributed by atoms with Crippen LogP contribution in [0.2, 0.25) is 0 Å². The predicted octanol–water partition coefficient (Wildman–Crippen LogP) is 4.44. The van der Waals surface area contributed by atoms with E-state index in [1.165, 1.54) is 11.1 Å². The van der Waals surface area contributed by atoms with Crippen LogP contribution in [0.25, 0.3) is 0 Å². The third-order valence-corrected chi connectivity index (χ3v) is 3.73. The summed E-state index contributed by atoms with van der Waals surface area (Å²) in [6.07, 6.45) is 0.647. The molecular formula is C19H30N2O2. The number of nitrogens with zero attached hydrogens (tertiary/aromatic N) is 1. The van der Waals surface area contributed by atoms with E-state index >= 15 is 0 Å². The highest BCUT2D eigenvalue weighted by atomic mass is 16.6. The minimum absolute atomic E-state index is 0.211. The Hall–Kier alpha value is -1.71. The van der Waals surface area contributed by atoms with Crippen LogP contribution in [0.3, 0.4) is 0 Å². The first-order valence-electron chi connectivity index (χ1n) is 8.38. The molecule has 23 heavy (non-hydrogen) atoms. The summed E-state index contributed by atoms with van der Waals surface area (Å²) in [5, 5.41) is 3.54. The second kappa shape index (κ2) is 6.42. The number of benzene rings is 1. The summed E-state index contributed by atoms with van der Waals surface area (Å²) in [7, 11) is 0. The van der Waals surface area contributed by atoms with Crippen molar-refractivity contribution in [2.24, 2.45) is 5.41 Å². The highest BCUT2D eigenvalue weighted by Crippen LogP contribution is 2.28. The molecule has 0 aromatic heterocycles. The van der Waals surface area contributed by atoms with Gasteiger partial charge in [-0.3, -0.25) is 0 Å². The molecule has 1 aromatic carbocycles. The van der Waals surface area contributed by atoms with E-state index in [-0.39, 0.29) is 11.5 Å². The van der Waals surface area contributed by atoms with Gasteiger partial charge in [0.05, 0.1) is 6.54 Å². The number of amides is 1. The summed E-state index contributed by atoms with van der Waals surface area (Å²) < 4.78 is 5.51. The van der Waals surface area contributed by atoms with Crippen LogP contribution in [0.5, 0.6) is 0 Å². The molecule has 1 aliphatic heterocycles. The van der Waals surface area contributed by atoms with Crippen molar-refractivity contribution in [1.82, 2.24) is 4.90 Å². The van der Waals surface area contributed by atoms with Crippen LogP contribution in [0.15, 0.2) is 18.2 Å². The number of carbonyl (C=O) groups excluding carboxylic acids is 1. The highest BCUT2D eigenvalue weighted by Gasteiger charge is 2.27. The molecule has 0 spiro atoms. The standard InChI is InChI=1S/C19H30N2O2/c1-18(2,3)13-20-16-9-7-8-14-10-11-21(12-15(14)16)17(22)23-19(4,5)6/h7-9,20H,10-13H2,1-6H3. The summed E-state index contributed by atoms with van der Waals surface area (Å²) in [5.41, 5.74) is 3.42. The van der Waals surface area contributed by atoms with Crippen LogP contribution in [0.4, 0.5) is 10.5 Å². The number of ether oxygens (including phenoxy) is 1. The summed E-state index contributed by atoms with van der Waals surface area (Å²) in [6.45, 7) is 14.6. The van der Waals surface area contributed by atoms with Crippen molar-refractivity contribution in [3.8, 4) is 0 Å². The lowest BCUT2D eigenvalue weighted by Gasteiger charge is -2.32. The molecule has 0 saturated carbocycles. The van der Waals surface area contributed by atoms with Crippen LogP contribution in [0, 0.1) is 5.41 Å². The van der Waals surface area contributed by atoms with E-state index < -0.39 is 5.60 Å². The van der Waals surface area contributed by atoms with E-state index in [4.69, 9.17) is 4.74 Å². The van der Waals surface area contributed by atoms with Crippen molar-refractivity contribution < 1.29 is 9.53 Å². The monoisotopic (exact) mass is 318 g/mol. The quantitative estimate of drug-likeness (QED) is 0.876. The van der Waals surface area contributed by atoms with E-state index in [9.17, 15) is 4.79 Å². The minimum atomic E-state index is -0.457. The average molecular weight is 318 g/mol. The summed E-state index contributed by atoms with van der Waals surface area (Å²) in [4.78, 5) is 14.1. The van der Waals surface area contributed by atoms with Crippen molar-refractivity contribution in [1.29, 1.82) is 0 Å². The third-order valence-electron chi connectivity index (χ3n) is 3.73. The minimum Gasteiger partial charge on any atom is -0.444 e. The fourth-order valence-corrected chi connectivity index (χ4v) is 2.59. The second-order valence-electron chi connectivity index (χ2n) is 8.51. The molecule has 0 aliphatic carbocycles. The van der Waals surface area contributed by atoms with Crippen LogP contribution >= 0.6 is 0 Å². The smallest absolute Gasteiger partial charge is 0.410 e. The number of hydrogen-bond acceptors (Lipinski definition) is 3. The predicted molar refractivity (Wildman–Crippen MR) is 94.7 cm³/mol. The van der Waals surface area contributed by atoms with Crippen molar-refractivity contribution >= 4 is 11.8 Å². The van der Waals surface area contributed by atoms with Crippen molar-refractivity contribution in [2.75, 3.05) is 18.4 Å². The van der Waals surface area contributed by atoms with Gasteiger partial charge in [-0.05, 0) is 49.8 Å². The summed E-state index contributed by atoms with van der Waals surface area (Å²) in [6, 6.07) is 6.35. The number of anilines is 1. The number of rotatable bonds is 2. The van der Waals surface area contributed by atoms with Gasteiger partial charge < -0.3 is 15.0 Å². The molecule has 0 bridgehead atoms. The first-order valence-corrected chi connectivity index (χ1v) is 8.38. The highest BCUT2D eigenvalue weighted by molar-refractivity contribution is 5.69. The lowest BCUT2D eigenvalue weighted by molar-refractivity contribution is 0.0224. The Kier molecular flexibility index (Phi) is 4.92. The molecular weight excluding hydrogens is 288 g/mol. The molecule has 1 heterocycles. The van der Waals surface area contributed by atoms with E-state index in [0.717, 1.165) is 18.7 Å². The Bertz CT molecular complexity index is 568. The molecule has 1 aliphatic rings. The topological polar surface area (TPSA) is 41.6 Å². The van der Waals surface area contributed by atoms with Gasteiger partial charge >= 0.3 is 6.09 Å². The number of fused-ring (bicyclic) bond motifs is 1.